The molecule has 0 aromatic heterocycles. The van der Waals surface area contributed by atoms with E-state index in [0.717, 1.165) is 35.8 Å². The summed E-state index contributed by atoms with van der Waals surface area (Å²) in [6.45, 7) is 2.55. The van der Waals surface area contributed by atoms with Gasteiger partial charge < -0.3 is 14.6 Å². The summed E-state index contributed by atoms with van der Waals surface area (Å²) in [6.07, 6.45) is 5.67. The monoisotopic (exact) mass is 262 g/mol. The number of benzene rings is 1. The highest BCUT2D eigenvalue weighted by molar-refractivity contribution is 5.45. The lowest BCUT2D eigenvalue weighted by atomic mass is 9.77. The van der Waals surface area contributed by atoms with Gasteiger partial charge in [0.05, 0.1) is 6.10 Å². The number of hydrogen-bond donors (Lipinski definition) is 1. The molecule has 1 heterocycles. The number of aliphatic hydroxyl groups excluding tert-OH is 1. The summed E-state index contributed by atoms with van der Waals surface area (Å²) >= 11 is 0. The standard InChI is InChI=1S/C16H22O3/c1-2-11-3-5-12(6-4-11)16(17)13-7-8-14-15(9-13)19-10-18-14/h7-9,11-12,16-17H,2-6,10H2,1H3. The molecule has 1 aromatic rings. The van der Waals surface area contributed by atoms with Crippen molar-refractivity contribution in [2.24, 2.45) is 11.8 Å². The molecule has 0 bridgehead atoms. The second-order valence-corrected chi connectivity index (χ2v) is 5.75. The molecular weight excluding hydrogens is 240 g/mol. The summed E-state index contributed by atoms with van der Waals surface area (Å²) in [5, 5.41) is 10.5. The Hall–Kier alpha value is -1.22. The van der Waals surface area contributed by atoms with Crippen molar-refractivity contribution in [3.63, 3.8) is 0 Å². The molecule has 0 saturated heterocycles. The Balaban J connectivity index is 1.68. The Labute approximate surface area is 114 Å². The van der Waals surface area contributed by atoms with Gasteiger partial charge in [0.15, 0.2) is 11.5 Å². The minimum Gasteiger partial charge on any atom is -0.454 e. The van der Waals surface area contributed by atoms with Crippen molar-refractivity contribution in [1.29, 1.82) is 0 Å². The first-order chi connectivity index (χ1) is 9.28. The topological polar surface area (TPSA) is 38.7 Å². The van der Waals surface area contributed by atoms with E-state index in [1.807, 2.05) is 18.2 Å². The molecule has 19 heavy (non-hydrogen) atoms. The maximum absolute atomic E-state index is 10.5. The maximum Gasteiger partial charge on any atom is 0.231 e. The summed E-state index contributed by atoms with van der Waals surface area (Å²) in [5.74, 6) is 2.80. The molecule has 1 aliphatic heterocycles. The molecular formula is C16H22O3. The molecule has 1 fully saturated rings. The first kappa shape index (κ1) is 12.8. The maximum atomic E-state index is 10.5. The molecule has 1 atom stereocenters. The lowest BCUT2D eigenvalue weighted by Gasteiger charge is -2.31. The third-order valence-electron chi connectivity index (χ3n) is 4.65. The highest BCUT2D eigenvalue weighted by atomic mass is 16.7. The molecule has 3 nitrogen and oxygen atoms in total. The largest absolute Gasteiger partial charge is 0.454 e. The Kier molecular flexibility index (Phi) is 3.65. The number of fused-ring (bicyclic) bond motifs is 1. The Bertz CT molecular complexity index is 436. The van der Waals surface area contributed by atoms with Crippen LogP contribution in [0.1, 0.15) is 50.7 Å². The SMILES string of the molecule is CCC1CCC(C(O)c2ccc3c(c2)OCO3)CC1. The van der Waals surface area contributed by atoms with Crippen LogP contribution in [0, 0.1) is 11.8 Å². The zero-order chi connectivity index (χ0) is 13.2. The van der Waals surface area contributed by atoms with Crippen LogP contribution in [-0.4, -0.2) is 11.9 Å². The van der Waals surface area contributed by atoms with E-state index in [-0.39, 0.29) is 12.9 Å². The van der Waals surface area contributed by atoms with Gasteiger partial charge >= 0.3 is 0 Å². The zero-order valence-corrected chi connectivity index (χ0v) is 11.5. The summed E-state index contributed by atoms with van der Waals surface area (Å²) < 4.78 is 10.7. The third-order valence-corrected chi connectivity index (χ3v) is 4.65. The molecule has 0 radical (unpaired) electrons. The van der Waals surface area contributed by atoms with E-state index in [9.17, 15) is 5.11 Å². The molecule has 0 amide bonds. The Morgan fingerprint density at radius 1 is 1.16 bits per heavy atom. The van der Waals surface area contributed by atoms with Crippen molar-refractivity contribution in [3.05, 3.63) is 23.8 Å². The molecule has 0 spiro atoms. The fourth-order valence-corrected chi connectivity index (χ4v) is 3.28. The average Bonchev–Trinajstić information content (AvgIpc) is 2.94. The van der Waals surface area contributed by atoms with Crippen LogP contribution in [0.5, 0.6) is 11.5 Å². The predicted molar refractivity (Wildman–Crippen MR) is 73.3 cm³/mol. The highest BCUT2D eigenvalue weighted by Crippen LogP contribution is 2.40. The van der Waals surface area contributed by atoms with Crippen LogP contribution in [0.4, 0.5) is 0 Å². The van der Waals surface area contributed by atoms with Crippen molar-refractivity contribution in [3.8, 4) is 11.5 Å². The van der Waals surface area contributed by atoms with Crippen LogP contribution < -0.4 is 9.47 Å². The van der Waals surface area contributed by atoms with Gasteiger partial charge in [-0.25, -0.2) is 0 Å². The van der Waals surface area contributed by atoms with E-state index in [2.05, 4.69) is 6.92 Å². The lowest BCUT2D eigenvalue weighted by Crippen LogP contribution is -2.20. The predicted octanol–water partition coefficient (Wildman–Crippen LogP) is 3.67. The number of rotatable bonds is 3. The summed E-state index contributed by atoms with van der Waals surface area (Å²) in [6, 6.07) is 5.79. The van der Waals surface area contributed by atoms with Gasteiger partial charge in [0.2, 0.25) is 6.79 Å². The van der Waals surface area contributed by atoms with Crippen LogP contribution in [0.2, 0.25) is 0 Å². The Morgan fingerprint density at radius 3 is 2.63 bits per heavy atom. The number of ether oxygens (including phenoxy) is 2. The fourth-order valence-electron chi connectivity index (χ4n) is 3.28. The van der Waals surface area contributed by atoms with Gasteiger partial charge in [-0.1, -0.05) is 32.3 Å². The van der Waals surface area contributed by atoms with E-state index in [1.54, 1.807) is 0 Å². The quantitative estimate of drug-likeness (QED) is 0.903. The van der Waals surface area contributed by atoms with Crippen molar-refractivity contribution in [2.75, 3.05) is 6.79 Å². The first-order valence-corrected chi connectivity index (χ1v) is 7.35. The van der Waals surface area contributed by atoms with E-state index in [0.29, 0.717) is 5.92 Å². The van der Waals surface area contributed by atoms with Gasteiger partial charge in [-0.15, -0.1) is 0 Å². The zero-order valence-electron chi connectivity index (χ0n) is 11.5. The Morgan fingerprint density at radius 2 is 1.89 bits per heavy atom. The van der Waals surface area contributed by atoms with Crippen LogP contribution >= 0.6 is 0 Å². The highest BCUT2D eigenvalue weighted by Gasteiger charge is 2.27. The molecule has 3 heteroatoms. The van der Waals surface area contributed by atoms with Crippen LogP contribution in [0.15, 0.2) is 18.2 Å². The minimum absolute atomic E-state index is 0.288. The normalized spacial score (nSPS) is 27.3. The smallest absolute Gasteiger partial charge is 0.231 e. The van der Waals surface area contributed by atoms with E-state index < -0.39 is 0 Å². The van der Waals surface area contributed by atoms with Crippen LogP contribution in [0.25, 0.3) is 0 Å². The van der Waals surface area contributed by atoms with E-state index in [4.69, 9.17) is 9.47 Å². The number of hydrogen-bond acceptors (Lipinski definition) is 3. The van der Waals surface area contributed by atoms with Crippen molar-refractivity contribution < 1.29 is 14.6 Å². The number of aliphatic hydroxyl groups is 1. The first-order valence-electron chi connectivity index (χ1n) is 7.35. The molecule has 3 rings (SSSR count). The van der Waals surface area contributed by atoms with Crippen molar-refractivity contribution in [1.82, 2.24) is 0 Å². The van der Waals surface area contributed by atoms with E-state index >= 15 is 0 Å². The molecule has 1 unspecified atom stereocenters. The second kappa shape index (κ2) is 5.41. The van der Waals surface area contributed by atoms with Crippen LogP contribution in [-0.2, 0) is 0 Å². The minimum atomic E-state index is -0.368. The lowest BCUT2D eigenvalue weighted by molar-refractivity contribution is 0.0728. The summed E-state index contributed by atoms with van der Waals surface area (Å²) in [7, 11) is 0. The third kappa shape index (κ3) is 2.57. The van der Waals surface area contributed by atoms with Crippen LogP contribution in [0.3, 0.4) is 0 Å². The molecule has 1 aromatic carbocycles. The molecule has 1 aliphatic carbocycles. The summed E-state index contributed by atoms with van der Waals surface area (Å²) in [5.41, 5.74) is 0.962. The molecule has 1 saturated carbocycles. The summed E-state index contributed by atoms with van der Waals surface area (Å²) in [4.78, 5) is 0. The van der Waals surface area contributed by atoms with Gasteiger partial charge in [0.1, 0.15) is 0 Å². The van der Waals surface area contributed by atoms with Gasteiger partial charge in [-0.3, -0.25) is 0 Å². The fraction of sp³-hybridized carbons (Fsp3) is 0.625. The van der Waals surface area contributed by atoms with E-state index in [1.165, 1.54) is 19.3 Å². The molecule has 1 N–H and O–H groups in total. The van der Waals surface area contributed by atoms with Crippen molar-refractivity contribution in [2.45, 2.75) is 45.1 Å². The second-order valence-electron chi connectivity index (χ2n) is 5.75. The average molecular weight is 262 g/mol. The van der Waals surface area contributed by atoms with Crippen molar-refractivity contribution >= 4 is 0 Å². The van der Waals surface area contributed by atoms with Gasteiger partial charge in [-0.2, -0.15) is 0 Å². The van der Waals surface area contributed by atoms with Gasteiger partial charge in [0, 0.05) is 0 Å². The molecule has 2 aliphatic rings. The van der Waals surface area contributed by atoms with Gasteiger partial charge in [0.25, 0.3) is 0 Å². The molecule has 104 valence electrons. The van der Waals surface area contributed by atoms with Gasteiger partial charge in [-0.05, 0) is 42.4 Å².